The average Bonchev–Trinajstić information content (AvgIpc) is 3.03. The summed E-state index contributed by atoms with van der Waals surface area (Å²) in [7, 11) is 1.48. The van der Waals surface area contributed by atoms with Gasteiger partial charge >= 0.3 is 6.18 Å². The van der Waals surface area contributed by atoms with Crippen molar-refractivity contribution in [2.45, 2.75) is 19.5 Å². The van der Waals surface area contributed by atoms with E-state index in [1.165, 1.54) is 30.2 Å². The number of amides is 2. The molecule has 148 valence electrons. The molecule has 0 aromatic heterocycles. The summed E-state index contributed by atoms with van der Waals surface area (Å²) in [5.41, 5.74) is 0.206. The van der Waals surface area contributed by atoms with E-state index in [9.17, 15) is 22.8 Å². The van der Waals surface area contributed by atoms with Crippen LogP contribution in [-0.2, 0) is 15.8 Å². The number of methoxy groups -OCH3 is 1. The summed E-state index contributed by atoms with van der Waals surface area (Å²) < 4.78 is 44.6. The monoisotopic (exact) mass is 392 g/mol. The molecular weight excluding hydrogens is 373 g/mol. The lowest BCUT2D eigenvalue weighted by atomic mass is 10.1. The van der Waals surface area contributed by atoms with Gasteiger partial charge in [0.1, 0.15) is 5.75 Å². The van der Waals surface area contributed by atoms with E-state index in [0.29, 0.717) is 11.4 Å². The summed E-state index contributed by atoms with van der Waals surface area (Å²) in [6.45, 7) is 1.93. The molecule has 0 radical (unpaired) electrons. The van der Waals surface area contributed by atoms with E-state index < -0.39 is 23.6 Å². The minimum absolute atomic E-state index is 0.0681. The lowest BCUT2D eigenvalue weighted by Gasteiger charge is -2.20. The molecule has 5 nitrogen and oxygen atoms in total. The van der Waals surface area contributed by atoms with Crippen molar-refractivity contribution in [1.29, 1.82) is 0 Å². The number of rotatable bonds is 4. The van der Waals surface area contributed by atoms with Gasteiger partial charge in [0.2, 0.25) is 11.8 Å². The molecule has 1 aliphatic heterocycles. The molecule has 8 heteroatoms. The van der Waals surface area contributed by atoms with Crippen molar-refractivity contribution in [1.82, 2.24) is 0 Å². The molecule has 0 spiro atoms. The maximum absolute atomic E-state index is 13.1. The van der Waals surface area contributed by atoms with E-state index in [1.807, 2.05) is 13.0 Å². The number of carbonyl (C=O) groups is 2. The Kier molecular flexibility index (Phi) is 5.31. The summed E-state index contributed by atoms with van der Waals surface area (Å²) >= 11 is 0. The highest BCUT2D eigenvalue weighted by atomic mass is 19.4. The highest BCUT2D eigenvalue weighted by Gasteiger charge is 2.38. The van der Waals surface area contributed by atoms with E-state index in [1.54, 1.807) is 12.1 Å². The van der Waals surface area contributed by atoms with Crippen LogP contribution in [0.25, 0.3) is 0 Å². The highest BCUT2D eigenvalue weighted by molar-refractivity contribution is 6.04. The number of benzene rings is 2. The summed E-state index contributed by atoms with van der Waals surface area (Å²) in [6.07, 6.45) is -4.67. The number of anilines is 2. The number of hydrogen-bond acceptors (Lipinski definition) is 3. The molecule has 1 unspecified atom stereocenters. The largest absolute Gasteiger partial charge is 0.495 e. The van der Waals surface area contributed by atoms with Gasteiger partial charge in [-0.2, -0.15) is 13.2 Å². The quantitative estimate of drug-likeness (QED) is 0.855. The average molecular weight is 392 g/mol. The fourth-order valence-corrected chi connectivity index (χ4v) is 3.20. The van der Waals surface area contributed by atoms with E-state index in [0.717, 1.165) is 11.6 Å². The molecule has 28 heavy (non-hydrogen) atoms. The van der Waals surface area contributed by atoms with Gasteiger partial charge in [-0.3, -0.25) is 9.59 Å². The zero-order chi connectivity index (χ0) is 20.5. The van der Waals surface area contributed by atoms with Crippen LogP contribution in [0.15, 0.2) is 42.5 Å². The molecule has 1 fully saturated rings. The van der Waals surface area contributed by atoms with Crippen LogP contribution in [0.5, 0.6) is 5.75 Å². The van der Waals surface area contributed by atoms with Crippen LogP contribution in [0.1, 0.15) is 17.5 Å². The minimum atomic E-state index is -4.59. The Labute approximate surface area is 160 Å². The smallest absolute Gasteiger partial charge is 0.418 e. The second-order valence-corrected chi connectivity index (χ2v) is 6.61. The first-order chi connectivity index (χ1) is 13.2. The third kappa shape index (κ3) is 3.95. The van der Waals surface area contributed by atoms with Crippen molar-refractivity contribution < 1.29 is 27.5 Å². The lowest BCUT2D eigenvalue weighted by molar-refractivity contribution is -0.137. The normalized spacial score (nSPS) is 17.0. The van der Waals surface area contributed by atoms with Gasteiger partial charge in [-0.1, -0.05) is 18.2 Å². The molecular formula is C20H19F3N2O3. The van der Waals surface area contributed by atoms with Crippen molar-refractivity contribution in [3.05, 3.63) is 53.6 Å². The fraction of sp³-hybridized carbons (Fsp3) is 0.300. The van der Waals surface area contributed by atoms with Crippen molar-refractivity contribution >= 4 is 23.2 Å². The molecule has 2 amide bonds. The van der Waals surface area contributed by atoms with Crippen molar-refractivity contribution in [3.63, 3.8) is 0 Å². The van der Waals surface area contributed by atoms with Crippen LogP contribution in [0, 0.1) is 12.8 Å². The molecule has 3 rings (SSSR count). The molecule has 1 aliphatic rings. The Bertz CT molecular complexity index is 912. The number of halogens is 3. The number of alkyl halides is 3. The maximum atomic E-state index is 13.1. The molecule has 0 aliphatic carbocycles. The molecule has 0 saturated carbocycles. The van der Waals surface area contributed by atoms with Gasteiger partial charge in [0.25, 0.3) is 0 Å². The predicted molar refractivity (Wildman–Crippen MR) is 98.3 cm³/mol. The van der Waals surface area contributed by atoms with Crippen molar-refractivity contribution in [3.8, 4) is 5.75 Å². The van der Waals surface area contributed by atoms with Gasteiger partial charge in [-0.15, -0.1) is 0 Å². The Morgan fingerprint density at radius 3 is 2.61 bits per heavy atom. The van der Waals surface area contributed by atoms with Gasteiger partial charge in [-0.05, 0) is 36.8 Å². The van der Waals surface area contributed by atoms with Crippen molar-refractivity contribution in [2.24, 2.45) is 5.92 Å². The van der Waals surface area contributed by atoms with Gasteiger partial charge in [0, 0.05) is 13.0 Å². The zero-order valence-electron chi connectivity index (χ0n) is 15.3. The number of nitrogens with zero attached hydrogens (tertiary/aromatic N) is 1. The summed E-state index contributed by atoms with van der Waals surface area (Å²) in [5.74, 6) is -1.19. The van der Waals surface area contributed by atoms with Crippen LogP contribution in [-0.4, -0.2) is 25.5 Å². The van der Waals surface area contributed by atoms with E-state index in [-0.39, 0.29) is 24.6 Å². The highest BCUT2D eigenvalue weighted by Crippen LogP contribution is 2.36. The van der Waals surface area contributed by atoms with Gasteiger partial charge in [-0.25, -0.2) is 0 Å². The Morgan fingerprint density at radius 1 is 1.21 bits per heavy atom. The molecule has 1 saturated heterocycles. The predicted octanol–water partition coefficient (Wildman–Crippen LogP) is 4.01. The number of aryl methyl sites for hydroxylation is 1. The van der Waals surface area contributed by atoms with Crippen LogP contribution in [0.3, 0.4) is 0 Å². The van der Waals surface area contributed by atoms with Gasteiger partial charge in [0.05, 0.1) is 30.0 Å². The van der Waals surface area contributed by atoms with E-state index >= 15 is 0 Å². The molecule has 1 N–H and O–H groups in total. The number of hydrogen-bond donors (Lipinski definition) is 1. The van der Waals surface area contributed by atoms with Crippen molar-refractivity contribution in [2.75, 3.05) is 23.9 Å². The third-order valence-corrected chi connectivity index (χ3v) is 4.61. The SMILES string of the molecule is COc1ccc(C)cc1N1CC(C(=O)Nc2ccccc2C(F)(F)F)CC1=O. The Hall–Kier alpha value is -3.03. The molecule has 1 atom stereocenters. The maximum Gasteiger partial charge on any atom is 0.418 e. The summed E-state index contributed by atoms with van der Waals surface area (Å²) in [4.78, 5) is 26.4. The van der Waals surface area contributed by atoms with Gasteiger partial charge in [0.15, 0.2) is 0 Å². The molecule has 2 aromatic rings. The second kappa shape index (κ2) is 7.53. The molecule has 0 bridgehead atoms. The van der Waals surface area contributed by atoms with Crippen LogP contribution in [0.2, 0.25) is 0 Å². The lowest BCUT2D eigenvalue weighted by Crippen LogP contribution is -2.29. The van der Waals surface area contributed by atoms with Crippen LogP contribution < -0.4 is 15.0 Å². The first kappa shape index (κ1) is 19.7. The fourth-order valence-electron chi connectivity index (χ4n) is 3.20. The zero-order valence-corrected chi connectivity index (χ0v) is 15.3. The Morgan fingerprint density at radius 2 is 1.93 bits per heavy atom. The van der Waals surface area contributed by atoms with E-state index in [2.05, 4.69) is 5.32 Å². The van der Waals surface area contributed by atoms with Crippen LogP contribution >= 0.6 is 0 Å². The number of carbonyl (C=O) groups excluding carboxylic acids is 2. The van der Waals surface area contributed by atoms with Gasteiger partial charge < -0.3 is 15.0 Å². The summed E-state index contributed by atoms with van der Waals surface area (Å²) in [6, 6.07) is 10.1. The number of ether oxygens (including phenoxy) is 1. The summed E-state index contributed by atoms with van der Waals surface area (Å²) in [5, 5.41) is 2.32. The Balaban J connectivity index is 1.80. The standard InChI is InChI=1S/C20H19F3N2O3/c1-12-7-8-17(28-2)16(9-12)25-11-13(10-18(25)26)19(27)24-15-6-4-3-5-14(15)20(21,22)23/h3-9,13H,10-11H2,1-2H3,(H,24,27). The number of para-hydroxylation sites is 1. The first-order valence-electron chi connectivity index (χ1n) is 8.63. The minimum Gasteiger partial charge on any atom is -0.495 e. The topological polar surface area (TPSA) is 58.6 Å². The second-order valence-electron chi connectivity index (χ2n) is 6.61. The third-order valence-electron chi connectivity index (χ3n) is 4.61. The van der Waals surface area contributed by atoms with E-state index in [4.69, 9.17) is 4.74 Å². The number of nitrogens with one attached hydrogen (secondary N) is 1. The first-order valence-corrected chi connectivity index (χ1v) is 8.63. The molecule has 1 heterocycles. The molecule has 2 aromatic carbocycles. The van der Waals surface area contributed by atoms with Crippen LogP contribution in [0.4, 0.5) is 24.5 Å².